The fraction of sp³-hybridized carbons (Fsp3) is 0.793. The summed E-state index contributed by atoms with van der Waals surface area (Å²) >= 11 is 0. The number of aromatic nitrogens is 2. The lowest BCUT2D eigenvalue weighted by Crippen LogP contribution is -2.43. The van der Waals surface area contributed by atoms with Crippen LogP contribution in [-0.2, 0) is 37.6 Å². The zero-order chi connectivity index (χ0) is 35.0. The highest BCUT2D eigenvalue weighted by molar-refractivity contribution is 8.76. The highest BCUT2D eigenvalue weighted by Crippen LogP contribution is 2.52. The number of H-pyrrole nitrogens is 1. The molecule has 3 unspecified atom stereocenters. The quantitative estimate of drug-likeness (QED) is 0.0668. The number of hydrogen-bond acceptors (Lipinski definition) is 13. The van der Waals surface area contributed by atoms with Crippen LogP contribution in [0.5, 0.6) is 0 Å². The maximum absolute atomic E-state index is 16.1. The van der Waals surface area contributed by atoms with Crippen molar-refractivity contribution in [2.45, 2.75) is 117 Å². The van der Waals surface area contributed by atoms with Gasteiger partial charge in [-0.3, -0.25) is 19.1 Å². The number of alkyl halides is 1. The third-order valence-electron chi connectivity index (χ3n) is 6.86. The summed E-state index contributed by atoms with van der Waals surface area (Å²) in [6, 6.07) is 1.07. The normalized spacial score (nSPS) is 21.6. The molecule has 6 atom stereocenters. The second kappa shape index (κ2) is 21.4. The SMILES string of the molecule is CCOC(=O)C(CC)(COCSSC(C)C)COP(OC1[C@@H](CC)O[C@@H](n2ccc(=O)[nH]c2=O)[C@H]1F)N(C(C)C)C(C)C.O=C=O. The Kier molecular flexibility index (Phi) is 19.7. The van der Waals surface area contributed by atoms with Crippen LogP contribution in [0.15, 0.2) is 21.9 Å². The Morgan fingerprint density at radius 2 is 1.78 bits per heavy atom. The molecule has 0 saturated carbocycles. The maximum atomic E-state index is 16.1. The predicted molar refractivity (Wildman–Crippen MR) is 176 cm³/mol. The lowest BCUT2D eigenvalue weighted by atomic mass is 9.87. The number of nitrogens with one attached hydrogen (secondary N) is 1. The van der Waals surface area contributed by atoms with Crippen LogP contribution in [0.1, 0.15) is 81.4 Å². The molecule has 1 aliphatic rings. The van der Waals surface area contributed by atoms with Gasteiger partial charge in [0, 0.05) is 29.6 Å². The van der Waals surface area contributed by atoms with Crippen molar-refractivity contribution in [2.75, 3.05) is 25.8 Å². The number of nitrogens with zero attached hydrogens (tertiary/aromatic N) is 2. The van der Waals surface area contributed by atoms with Gasteiger partial charge in [0.1, 0.15) is 17.5 Å². The van der Waals surface area contributed by atoms with E-state index in [0.717, 1.165) is 10.6 Å². The number of hydrogen-bond donors (Lipinski definition) is 1. The van der Waals surface area contributed by atoms with Crippen LogP contribution in [0.4, 0.5) is 4.39 Å². The Balaban J connectivity index is 0.00000338. The first-order chi connectivity index (χ1) is 21.7. The lowest BCUT2D eigenvalue weighted by Gasteiger charge is -2.39. The second-order valence-corrected chi connectivity index (χ2v) is 15.5. The van der Waals surface area contributed by atoms with E-state index in [-0.39, 0.29) is 38.1 Å². The average molecular weight is 714 g/mol. The van der Waals surface area contributed by atoms with Gasteiger partial charge in [-0.05, 0) is 47.5 Å². The van der Waals surface area contributed by atoms with Crippen LogP contribution in [0, 0.1) is 5.41 Å². The molecule has 0 radical (unpaired) electrons. The van der Waals surface area contributed by atoms with Gasteiger partial charge in [0.05, 0.1) is 25.9 Å². The molecule has 0 aliphatic carbocycles. The van der Waals surface area contributed by atoms with Gasteiger partial charge in [0.15, 0.2) is 12.4 Å². The Labute approximate surface area is 279 Å². The van der Waals surface area contributed by atoms with Crippen LogP contribution >= 0.6 is 30.1 Å². The van der Waals surface area contributed by atoms with Gasteiger partial charge in [-0.25, -0.2) is 13.9 Å². The molecule has 264 valence electrons. The van der Waals surface area contributed by atoms with Crippen LogP contribution < -0.4 is 11.2 Å². The number of halogens is 1. The van der Waals surface area contributed by atoms with Crippen LogP contribution in [0.2, 0.25) is 0 Å². The standard InChI is InChI=1S/C28H49FN3O8PS2.CO2/c1-10-21-24(23(29)25(39-21)31-14-13-22(33)30-27(31)35)40-41(32(18(4)5)19(6)7)38-16-28(11-2,26(34)37-12-3)15-36-17-42-43-20(8)9;2-1-3/h13-14,18-21,23-25H,10-12,15-17H2,1-9H3,(H,30,33,35);/t21-,23+,24?,25-,28?,41?;/m1./s1. The molecule has 1 aromatic heterocycles. The van der Waals surface area contributed by atoms with Gasteiger partial charge in [-0.2, -0.15) is 9.59 Å². The number of esters is 1. The van der Waals surface area contributed by atoms with Crippen molar-refractivity contribution in [3.8, 4) is 0 Å². The first-order valence-corrected chi connectivity index (χ1v) is 18.8. The average Bonchev–Trinajstić information content (AvgIpc) is 3.28. The van der Waals surface area contributed by atoms with Crippen molar-refractivity contribution in [3.63, 3.8) is 0 Å². The van der Waals surface area contributed by atoms with Crippen LogP contribution in [0.3, 0.4) is 0 Å². The van der Waals surface area contributed by atoms with Crippen LogP contribution in [0.25, 0.3) is 0 Å². The summed E-state index contributed by atoms with van der Waals surface area (Å²) in [6.45, 7) is 17.9. The number of carbonyl (C=O) groups excluding carboxylic acids is 3. The number of carbonyl (C=O) groups is 1. The van der Waals surface area contributed by atoms with E-state index in [1.807, 2.05) is 46.2 Å². The molecule has 13 nitrogen and oxygen atoms in total. The third kappa shape index (κ3) is 12.4. The summed E-state index contributed by atoms with van der Waals surface area (Å²) in [7, 11) is 1.35. The minimum atomic E-state index is -1.91. The third-order valence-corrected chi connectivity index (χ3v) is 11.6. The van der Waals surface area contributed by atoms with E-state index in [9.17, 15) is 14.4 Å². The molecule has 0 bridgehead atoms. The van der Waals surface area contributed by atoms with E-state index in [2.05, 4.69) is 18.8 Å². The maximum Gasteiger partial charge on any atom is 0.373 e. The number of rotatable bonds is 19. The highest BCUT2D eigenvalue weighted by Gasteiger charge is 2.50. The van der Waals surface area contributed by atoms with Crippen molar-refractivity contribution in [1.82, 2.24) is 14.2 Å². The highest BCUT2D eigenvalue weighted by atomic mass is 33.1. The molecule has 1 fully saturated rings. The lowest BCUT2D eigenvalue weighted by molar-refractivity contribution is -0.191. The molecule has 0 amide bonds. The molecular weight excluding hydrogens is 664 g/mol. The summed E-state index contributed by atoms with van der Waals surface area (Å²) in [6.07, 6.45) is -2.50. The van der Waals surface area contributed by atoms with Crippen LogP contribution in [-0.4, -0.2) is 87.8 Å². The summed E-state index contributed by atoms with van der Waals surface area (Å²) in [5, 5.41) is 0.435. The Hall–Kier alpha value is -1.61. The predicted octanol–water partition coefficient (Wildman–Crippen LogP) is 5.07. The van der Waals surface area contributed by atoms with E-state index < -0.39 is 55.8 Å². The molecule has 0 spiro atoms. The van der Waals surface area contributed by atoms with Crippen molar-refractivity contribution in [2.24, 2.45) is 5.41 Å². The van der Waals surface area contributed by atoms with Crippen molar-refractivity contribution >= 4 is 42.2 Å². The molecule has 0 aromatic carbocycles. The van der Waals surface area contributed by atoms with Gasteiger partial charge in [0.2, 0.25) is 0 Å². The van der Waals surface area contributed by atoms with Gasteiger partial charge in [-0.15, -0.1) is 0 Å². The molecule has 2 rings (SSSR count). The molecule has 2 heterocycles. The molecule has 17 heteroatoms. The first kappa shape index (κ1) is 42.4. The summed E-state index contributed by atoms with van der Waals surface area (Å²) in [5.41, 5.74) is -2.45. The van der Waals surface area contributed by atoms with Gasteiger partial charge in [0.25, 0.3) is 14.1 Å². The zero-order valence-corrected chi connectivity index (χ0v) is 30.6. The first-order valence-electron chi connectivity index (χ1n) is 15.2. The molecule has 1 N–H and O–H groups in total. The summed E-state index contributed by atoms with van der Waals surface area (Å²) in [5.74, 6) is -0.0300. The summed E-state index contributed by atoms with van der Waals surface area (Å²) < 4.78 is 49.4. The van der Waals surface area contributed by atoms with Crippen molar-refractivity contribution in [1.29, 1.82) is 0 Å². The van der Waals surface area contributed by atoms with Crippen molar-refractivity contribution < 1.29 is 42.0 Å². The molecule has 1 saturated heterocycles. The Bertz CT molecular complexity index is 1190. The molecule has 1 aromatic rings. The largest absolute Gasteiger partial charge is 0.465 e. The topological polar surface area (TPSA) is 155 Å². The van der Waals surface area contributed by atoms with E-state index in [0.29, 0.717) is 24.0 Å². The van der Waals surface area contributed by atoms with Gasteiger partial charge in [-0.1, -0.05) is 49.3 Å². The van der Waals surface area contributed by atoms with Gasteiger partial charge < -0.3 is 23.3 Å². The van der Waals surface area contributed by atoms with E-state index >= 15 is 4.39 Å². The van der Waals surface area contributed by atoms with E-state index in [1.165, 1.54) is 6.20 Å². The minimum absolute atomic E-state index is 0.0384. The van der Waals surface area contributed by atoms with Crippen molar-refractivity contribution in [3.05, 3.63) is 33.1 Å². The van der Waals surface area contributed by atoms with E-state index in [4.69, 9.17) is 32.8 Å². The minimum Gasteiger partial charge on any atom is -0.465 e. The fourth-order valence-electron chi connectivity index (χ4n) is 4.64. The molecule has 46 heavy (non-hydrogen) atoms. The van der Waals surface area contributed by atoms with E-state index in [1.54, 1.807) is 28.5 Å². The second-order valence-electron chi connectivity index (χ2n) is 11.3. The zero-order valence-electron chi connectivity index (χ0n) is 28.1. The number of ether oxygens (including phenoxy) is 3. The smallest absolute Gasteiger partial charge is 0.373 e. The Morgan fingerprint density at radius 1 is 1.15 bits per heavy atom. The summed E-state index contributed by atoms with van der Waals surface area (Å²) in [4.78, 5) is 55.7. The Morgan fingerprint density at radius 3 is 2.28 bits per heavy atom. The monoisotopic (exact) mass is 713 g/mol. The fourth-order valence-corrected chi connectivity index (χ4v) is 8.18. The molecular formula is C29H49FN3O10PS2. The molecule has 1 aliphatic heterocycles. The van der Waals surface area contributed by atoms with Gasteiger partial charge >= 0.3 is 17.8 Å². The number of aromatic amines is 1.